The Morgan fingerprint density at radius 3 is 2.19 bits per heavy atom. The first-order chi connectivity index (χ1) is 7.34. The van der Waals surface area contributed by atoms with Gasteiger partial charge in [-0.1, -0.05) is 27.7 Å². The van der Waals surface area contributed by atoms with Crippen molar-refractivity contribution in [3.8, 4) is 0 Å². The molecule has 0 spiro atoms. The molecule has 1 aromatic rings. The van der Waals surface area contributed by atoms with Crippen molar-refractivity contribution in [2.75, 3.05) is 5.73 Å². The molecule has 0 saturated carbocycles. The van der Waals surface area contributed by atoms with E-state index in [1.807, 2.05) is 11.7 Å². The predicted molar refractivity (Wildman–Crippen MR) is 67.5 cm³/mol. The second-order valence-electron chi connectivity index (χ2n) is 5.26. The summed E-state index contributed by atoms with van der Waals surface area (Å²) in [5.74, 6) is 0.945. The van der Waals surface area contributed by atoms with E-state index in [1.54, 1.807) is 4.68 Å². The molecule has 1 heterocycles. The Bertz CT molecular complexity index is 413. The minimum absolute atomic E-state index is 0.0492. The number of nitrogens with zero attached hydrogens (tertiary/aromatic N) is 2. The van der Waals surface area contributed by atoms with Crippen LogP contribution in [-0.2, 0) is 20.0 Å². The third-order valence-electron chi connectivity index (χ3n) is 2.67. The molecule has 0 bridgehead atoms. The highest BCUT2D eigenvalue weighted by molar-refractivity contribution is 5.41. The molecule has 1 rings (SSSR count). The smallest absolute Gasteiger partial charge is 0.290 e. The quantitative estimate of drug-likeness (QED) is 0.846. The Hall–Kier alpha value is -1.19. The zero-order valence-electron chi connectivity index (χ0n) is 10.9. The van der Waals surface area contributed by atoms with Gasteiger partial charge < -0.3 is 5.73 Å². The van der Waals surface area contributed by atoms with Crippen molar-refractivity contribution in [2.45, 2.75) is 40.7 Å². The fraction of sp³-hybridized carbons (Fsp3) is 0.750. The summed E-state index contributed by atoms with van der Waals surface area (Å²) in [4.78, 5) is 11.9. The Labute approximate surface area is 97.0 Å². The molecule has 4 nitrogen and oxygen atoms in total. The van der Waals surface area contributed by atoms with Gasteiger partial charge in [0.1, 0.15) is 5.69 Å². The lowest BCUT2D eigenvalue weighted by atomic mass is 10.1. The van der Waals surface area contributed by atoms with E-state index in [2.05, 4.69) is 27.7 Å². The minimum Gasteiger partial charge on any atom is -0.393 e. The van der Waals surface area contributed by atoms with E-state index in [0.717, 1.165) is 18.7 Å². The predicted octanol–water partition coefficient (Wildman–Crippen LogP) is 1.62. The number of rotatable bonds is 4. The van der Waals surface area contributed by atoms with E-state index in [0.29, 0.717) is 17.5 Å². The summed E-state index contributed by atoms with van der Waals surface area (Å²) >= 11 is 0. The molecule has 2 N–H and O–H groups in total. The number of nitrogens with two attached hydrogens (primary N) is 1. The summed E-state index contributed by atoms with van der Waals surface area (Å²) in [6.45, 7) is 9.17. The van der Waals surface area contributed by atoms with Gasteiger partial charge in [0.05, 0.1) is 5.69 Å². The number of hydrogen-bond donors (Lipinski definition) is 1. The molecular weight excluding hydrogens is 202 g/mol. The van der Waals surface area contributed by atoms with Crippen molar-refractivity contribution < 1.29 is 0 Å². The maximum absolute atomic E-state index is 11.9. The fourth-order valence-corrected chi connectivity index (χ4v) is 1.90. The fourth-order valence-electron chi connectivity index (χ4n) is 1.90. The second kappa shape index (κ2) is 4.76. The summed E-state index contributed by atoms with van der Waals surface area (Å²) in [6.07, 6.45) is 0.850. The van der Waals surface area contributed by atoms with Crippen LogP contribution in [0.3, 0.4) is 0 Å². The molecule has 0 radical (unpaired) electrons. The third kappa shape index (κ3) is 2.49. The molecule has 0 aliphatic carbocycles. The molecule has 0 atom stereocenters. The van der Waals surface area contributed by atoms with Crippen LogP contribution in [0.25, 0.3) is 0 Å². The van der Waals surface area contributed by atoms with Crippen molar-refractivity contribution in [1.82, 2.24) is 9.36 Å². The molecule has 0 amide bonds. The lowest BCUT2D eigenvalue weighted by molar-refractivity contribution is 0.406. The van der Waals surface area contributed by atoms with Gasteiger partial charge in [-0.2, -0.15) is 0 Å². The summed E-state index contributed by atoms with van der Waals surface area (Å²) in [5, 5.41) is 0. The molecule has 0 aliphatic rings. The first-order valence-electron chi connectivity index (χ1n) is 5.88. The van der Waals surface area contributed by atoms with Crippen LogP contribution >= 0.6 is 0 Å². The van der Waals surface area contributed by atoms with Crippen molar-refractivity contribution in [3.05, 3.63) is 16.0 Å². The average Bonchev–Trinajstić information content (AvgIpc) is 2.34. The van der Waals surface area contributed by atoms with E-state index >= 15 is 0 Å². The SMILES string of the molecule is CC(C)Cc1c(N)c(=O)n(CC(C)C)n1C. The third-order valence-corrected chi connectivity index (χ3v) is 2.67. The number of nitrogen functional groups attached to an aromatic ring is 1. The van der Waals surface area contributed by atoms with Crippen LogP contribution in [-0.4, -0.2) is 9.36 Å². The van der Waals surface area contributed by atoms with Gasteiger partial charge in [-0.25, -0.2) is 4.68 Å². The molecular formula is C12H23N3O. The van der Waals surface area contributed by atoms with Crippen LogP contribution < -0.4 is 11.3 Å². The van der Waals surface area contributed by atoms with Gasteiger partial charge in [0, 0.05) is 13.6 Å². The highest BCUT2D eigenvalue weighted by Gasteiger charge is 2.16. The largest absolute Gasteiger partial charge is 0.393 e. The highest BCUT2D eigenvalue weighted by atomic mass is 16.1. The van der Waals surface area contributed by atoms with Crippen molar-refractivity contribution in [2.24, 2.45) is 18.9 Å². The molecule has 92 valence electrons. The van der Waals surface area contributed by atoms with E-state index in [4.69, 9.17) is 5.73 Å². The van der Waals surface area contributed by atoms with E-state index in [-0.39, 0.29) is 5.56 Å². The molecule has 0 unspecified atom stereocenters. The van der Waals surface area contributed by atoms with Crippen molar-refractivity contribution in [3.63, 3.8) is 0 Å². The summed E-state index contributed by atoms with van der Waals surface area (Å²) in [6, 6.07) is 0. The molecule has 1 aromatic heterocycles. The van der Waals surface area contributed by atoms with E-state index < -0.39 is 0 Å². The van der Waals surface area contributed by atoms with Crippen LogP contribution in [0.5, 0.6) is 0 Å². The van der Waals surface area contributed by atoms with E-state index in [9.17, 15) is 4.79 Å². The standard InChI is InChI=1S/C12H23N3O/c1-8(2)6-10-11(13)12(16)15(14(10)5)7-9(3)4/h8-9H,6-7,13H2,1-5H3. The monoisotopic (exact) mass is 225 g/mol. The van der Waals surface area contributed by atoms with E-state index in [1.165, 1.54) is 0 Å². The maximum Gasteiger partial charge on any atom is 0.290 e. The zero-order valence-corrected chi connectivity index (χ0v) is 10.9. The van der Waals surface area contributed by atoms with Crippen LogP contribution in [0.4, 0.5) is 5.69 Å². The first-order valence-corrected chi connectivity index (χ1v) is 5.88. The molecule has 0 fully saturated rings. The van der Waals surface area contributed by atoms with Gasteiger partial charge >= 0.3 is 0 Å². The number of anilines is 1. The minimum atomic E-state index is -0.0492. The van der Waals surface area contributed by atoms with Crippen molar-refractivity contribution in [1.29, 1.82) is 0 Å². The maximum atomic E-state index is 11.9. The lowest BCUT2D eigenvalue weighted by Crippen LogP contribution is -2.25. The van der Waals surface area contributed by atoms with Gasteiger partial charge in [0.25, 0.3) is 5.56 Å². The first kappa shape index (κ1) is 12.9. The van der Waals surface area contributed by atoms with Gasteiger partial charge in [-0.05, 0) is 18.3 Å². The molecule has 0 aromatic carbocycles. The van der Waals surface area contributed by atoms with Gasteiger partial charge in [-0.3, -0.25) is 9.48 Å². The summed E-state index contributed by atoms with van der Waals surface area (Å²) < 4.78 is 3.65. The van der Waals surface area contributed by atoms with Crippen LogP contribution in [0.2, 0.25) is 0 Å². The number of hydrogen-bond acceptors (Lipinski definition) is 2. The van der Waals surface area contributed by atoms with Crippen LogP contribution in [0.1, 0.15) is 33.4 Å². The van der Waals surface area contributed by atoms with Crippen LogP contribution in [0.15, 0.2) is 4.79 Å². The summed E-state index contributed by atoms with van der Waals surface area (Å²) in [7, 11) is 1.91. The van der Waals surface area contributed by atoms with Crippen molar-refractivity contribution >= 4 is 5.69 Å². The molecule has 4 heteroatoms. The average molecular weight is 225 g/mol. The van der Waals surface area contributed by atoms with Gasteiger partial charge in [0.15, 0.2) is 0 Å². The lowest BCUT2D eigenvalue weighted by Gasteiger charge is -2.12. The topological polar surface area (TPSA) is 53.0 Å². The van der Waals surface area contributed by atoms with Gasteiger partial charge in [0.2, 0.25) is 0 Å². The summed E-state index contributed by atoms with van der Waals surface area (Å²) in [5.41, 5.74) is 7.20. The Balaban J connectivity index is 3.17. The Morgan fingerprint density at radius 2 is 1.75 bits per heavy atom. The zero-order chi connectivity index (χ0) is 12.5. The molecule has 0 saturated heterocycles. The normalized spacial score (nSPS) is 11.7. The molecule has 0 aliphatic heterocycles. The second-order valence-corrected chi connectivity index (χ2v) is 5.26. The molecule has 16 heavy (non-hydrogen) atoms. The number of aromatic nitrogens is 2. The van der Waals surface area contributed by atoms with Gasteiger partial charge in [-0.15, -0.1) is 0 Å². The Morgan fingerprint density at radius 1 is 1.19 bits per heavy atom. The highest BCUT2D eigenvalue weighted by Crippen LogP contribution is 2.13. The Kier molecular flexibility index (Phi) is 3.83. The van der Waals surface area contributed by atoms with Crippen LogP contribution in [0, 0.1) is 11.8 Å².